The van der Waals surface area contributed by atoms with Gasteiger partial charge in [-0.15, -0.1) is 0 Å². The first-order chi connectivity index (χ1) is 11.7. The summed E-state index contributed by atoms with van der Waals surface area (Å²) in [4.78, 5) is 9.49. The first-order valence-corrected chi connectivity index (χ1v) is 9.50. The van der Waals surface area contributed by atoms with Crippen molar-refractivity contribution in [3.05, 3.63) is 0 Å². The van der Waals surface area contributed by atoms with Gasteiger partial charge in [-0.25, -0.2) is 9.98 Å². The van der Waals surface area contributed by atoms with Gasteiger partial charge in [0.2, 0.25) is 11.8 Å². The van der Waals surface area contributed by atoms with E-state index in [4.69, 9.17) is 28.9 Å². The molecule has 142 valence electrons. The second-order valence-electron chi connectivity index (χ2n) is 8.60. The van der Waals surface area contributed by atoms with Gasteiger partial charge in [0.15, 0.2) is 18.0 Å². The van der Waals surface area contributed by atoms with Gasteiger partial charge in [0.1, 0.15) is 13.2 Å². The fraction of sp³-hybridized carbons (Fsp3) is 0.895. The standard InChI is InChI=1S/C19H32N2O4/c1-11(2)7-13-9-22-17(20-13)15-16(25-19(5,6)24-15)18-21-14(10-23-18)8-12(3)4/h11-16H,7-10H2,1-6H3/t13-,14-,15+,16+/m0/s1. The van der Waals surface area contributed by atoms with Crippen molar-refractivity contribution in [1.29, 1.82) is 0 Å². The maximum atomic E-state index is 6.09. The van der Waals surface area contributed by atoms with Crippen molar-refractivity contribution < 1.29 is 18.9 Å². The summed E-state index contributed by atoms with van der Waals surface area (Å²) in [5, 5.41) is 0. The van der Waals surface area contributed by atoms with Crippen LogP contribution in [0.2, 0.25) is 0 Å². The summed E-state index contributed by atoms with van der Waals surface area (Å²) in [5.74, 6) is 1.71. The van der Waals surface area contributed by atoms with Crippen LogP contribution in [0, 0.1) is 11.8 Å². The smallest absolute Gasteiger partial charge is 0.217 e. The molecule has 0 bridgehead atoms. The molecule has 6 heteroatoms. The number of nitrogens with zero attached hydrogens (tertiary/aromatic N) is 2. The Morgan fingerprint density at radius 2 is 1.24 bits per heavy atom. The molecular formula is C19H32N2O4. The molecule has 3 aliphatic heterocycles. The van der Waals surface area contributed by atoms with Gasteiger partial charge in [-0.1, -0.05) is 27.7 Å². The van der Waals surface area contributed by atoms with Crippen molar-refractivity contribution in [2.75, 3.05) is 13.2 Å². The molecule has 3 aliphatic rings. The molecule has 0 N–H and O–H groups in total. The summed E-state index contributed by atoms with van der Waals surface area (Å²) in [6, 6.07) is 0.395. The molecule has 6 nitrogen and oxygen atoms in total. The molecule has 0 amide bonds. The molecule has 4 atom stereocenters. The van der Waals surface area contributed by atoms with Crippen LogP contribution in [-0.4, -0.2) is 55.1 Å². The molecular weight excluding hydrogens is 320 g/mol. The monoisotopic (exact) mass is 352 g/mol. The fourth-order valence-electron chi connectivity index (χ4n) is 3.64. The largest absolute Gasteiger partial charge is 0.477 e. The highest BCUT2D eigenvalue weighted by Gasteiger charge is 2.50. The van der Waals surface area contributed by atoms with Gasteiger partial charge in [-0.05, 0) is 38.5 Å². The number of aliphatic imine (C=N–C) groups is 2. The summed E-state index contributed by atoms with van der Waals surface area (Å²) in [5.41, 5.74) is 0. The highest BCUT2D eigenvalue weighted by molar-refractivity contribution is 5.93. The number of ether oxygens (including phenoxy) is 4. The van der Waals surface area contributed by atoms with E-state index in [2.05, 4.69) is 27.7 Å². The van der Waals surface area contributed by atoms with E-state index in [1.165, 1.54) is 0 Å². The van der Waals surface area contributed by atoms with Crippen LogP contribution in [0.5, 0.6) is 0 Å². The minimum Gasteiger partial charge on any atom is -0.477 e. The predicted octanol–water partition coefficient (Wildman–Crippen LogP) is 3.19. The van der Waals surface area contributed by atoms with Gasteiger partial charge in [-0.2, -0.15) is 0 Å². The highest BCUT2D eigenvalue weighted by atomic mass is 16.8. The summed E-state index contributed by atoms with van der Waals surface area (Å²) in [7, 11) is 0. The van der Waals surface area contributed by atoms with E-state index < -0.39 is 5.79 Å². The predicted molar refractivity (Wildman–Crippen MR) is 97.1 cm³/mol. The number of hydrogen-bond donors (Lipinski definition) is 0. The fourth-order valence-corrected chi connectivity index (χ4v) is 3.64. The lowest BCUT2D eigenvalue weighted by Crippen LogP contribution is -2.37. The number of rotatable bonds is 6. The van der Waals surface area contributed by atoms with Crippen molar-refractivity contribution in [2.45, 2.75) is 84.5 Å². The molecule has 3 rings (SSSR count). The highest BCUT2D eigenvalue weighted by Crippen LogP contribution is 2.33. The lowest BCUT2D eigenvalue weighted by molar-refractivity contribution is -0.138. The van der Waals surface area contributed by atoms with Gasteiger partial charge >= 0.3 is 0 Å². The first kappa shape index (κ1) is 18.6. The third kappa shape index (κ3) is 4.53. The van der Waals surface area contributed by atoms with Crippen LogP contribution < -0.4 is 0 Å². The molecule has 0 saturated carbocycles. The minimum absolute atomic E-state index is 0.197. The molecule has 0 radical (unpaired) electrons. The zero-order chi connectivity index (χ0) is 18.2. The Bertz CT molecular complexity index is 496. The van der Waals surface area contributed by atoms with Gasteiger partial charge in [0.05, 0.1) is 12.1 Å². The van der Waals surface area contributed by atoms with Gasteiger partial charge in [0.25, 0.3) is 0 Å². The number of hydrogen-bond acceptors (Lipinski definition) is 6. The van der Waals surface area contributed by atoms with Gasteiger partial charge < -0.3 is 18.9 Å². The Morgan fingerprint density at radius 1 is 0.840 bits per heavy atom. The van der Waals surface area contributed by atoms with Crippen LogP contribution in [-0.2, 0) is 18.9 Å². The maximum Gasteiger partial charge on any atom is 0.217 e. The van der Waals surface area contributed by atoms with Crippen LogP contribution in [0.15, 0.2) is 9.98 Å². The van der Waals surface area contributed by atoms with Crippen molar-refractivity contribution in [3.8, 4) is 0 Å². The van der Waals surface area contributed by atoms with Gasteiger partial charge in [-0.3, -0.25) is 0 Å². The van der Waals surface area contributed by atoms with Crippen LogP contribution in [0.1, 0.15) is 54.4 Å². The second kappa shape index (κ2) is 7.23. The molecule has 0 aliphatic carbocycles. The van der Waals surface area contributed by atoms with Gasteiger partial charge in [0, 0.05) is 0 Å². The van der Waals surface area contributed by atoms with Crippen molar-refractivity contribution >= 4 is 11.8 Å². The Hall–Kier alpha value is -1.14. The molecule has 0 spiro atoms. The molecule has 25 heavy (non-hydrogen) atoms. The zero-order valence-electron chi connectivity index (χ0n) is 16.3. The van der Waals surface area contributed by atoms with E-state index >= 15 is 0 Å². The summed E-state index contributed by atoms with van der Waals surface area (Å²) in [6.07, 6.45) is 1.25. The Labute approximate surface area is 151 Å². The SMILES string of the molecule is CC(C)C[C@H]1COC([C@@H]2OC(C)(C)O[C@H]2C2=N[C@@H](CC(C)C)CO2)=N1. The van der Waals surface area contributed by atoms with Crippen LogP contribution in [0.3, 0.4) is 0 Å². The normalized spacial score (nSPS) is 34.2. The topological polar surface area (TPSA) is 61.6 Å². The van der Waals surface area contributed by atoms with Crippen molar-refractivity contribution in [1.82, 2.24) is 0 Å². The lowest BCUT2D eigenvalue weighted by Gasteiger charge is -2.16. The average molecular weight is 352 g/mol. The molecule has 0 aromatic carbocycles. The molecule has 3 heterocycles. The van der Waals surface area contributed by atoms with E-state index in [1.54, 1.807) is 0 Å². The summed E-state index contributed by atoms with van der Waals surface area (Å²) >= 11 is 0. The van der Waals surface area contributed by atoms with Crippen LogP contribution in [0.25, 0.3) is 0 Å². The van der Waals surface area contributed by atoms with Crippen LogP contribution in [0.4, 0.5) is 0 Å². The van der Waals surface area contributed by atoms with E-state index in [0.717, 1.165) is 12.8 Å². The summed E-state index contributed by atoms with van der Waals surface area (Å²) in [6.45, 7) is 13.8. The minimum atomic E-state index is -0.709. The third-order valence-corrected chi connectivity index (χ3v) is 4.54. The maximum absolute atomic E-state index is 6.09. The lowest BCUT2D eigenvalue weighted by atomic mass is 10.1. The first-order valence-electron chi connectivity index (χ1n) is 9.50. The second-order valence-corrected chi connectivity index (χ2v) is 8.60. The average Bonchev–Trinajstić information content (AvgIpc) is 3.16. The molecule has 0 aromatic heterocycles. The molecule has 1 saturated heterocycles. The van der Waals surface area contributed by atoms with E-state index in [9.17, 15) is 0 Å². The van der Waals surface area contributed by atoms with Crippen molar-refractivity contribution in [2.24, 2.45) is 21.8 Å². The molecule has 0 aromatic rings. The van der Waals surface area contributed by atoms with Crippen LogP contribution >= 0.6 is 0 Å². The quantitative estimate of drug-likeness (QED) is 0.736. The molecule has 0 unspecified atom stereocenters. The Kier molecular flexibility index (Phi) is 5.40. The summed E-state index contributed by atoms with van der Waals surface area (Å²) < 4.78 is 23.9. The Morgan fingerprint density at radius 3 is 1.60 bits per heavy atom. The van der Waals surface area contributed by atoms with Crippen molar-refractivity contribution in [3.63, 3.8) is 0 Å². The van der Waals surface area contributed by atoms with E-state index in [1.807, 2.05) is 13.8 Å². The third-order valence-electron chi connectivity index (χ3n) is 4.54. The Balaban J connectivity index is 1.74. The molecule has 1 fully saturated rings. The van der Waals surface area contributed by atoms with E-state index in [-0.39, 0.29) is 24.3 Å². The van der Waals surface area contributed by atoms with E-state index in [0.29, 0.717) is 36.8 Å². The zero-order valence-corrected chi connectivity index (χ0v) is 16.3.